The van der Waals surface area contributed by atoms with E-state index in [1.54, 1.807) is 18.6 Å². The summed E-state index contributed by atoms with van der Waals surface area (Å²) in [6.45, 7) is 12.1. The molecule has 0 radical (unpaired) electrons. The highest BCUT2D eigenvalue weighted by atomic mass is 16.6. The molecule has 0 bridgehead atoms. The molecule has 2 heterocycles. The first-order valence-electron chi connectivity index (χ1n) is 12.5. The molecular formula is C28H34O6. The van der Waals surface area contributed by atoms with E-state index in [2.05, 4.69) is 26.8 Å². The van der Waals surface area contributed by atoms with Crippen LogP contribution in [0.25, 0.3) is 0 Å². The van der Waals surface area contributed by atoms with Crippen molar-refractivity contribution in [3.8, 4) is 0 Å². The maximum Gasteiger partial charge on any atom is 0.302 e. The smallest absolute Gasteiger partial charge is 0.302 e. The number of carbonyl (C=O) groups excluding carboxylic acids is 3. The van der Waals surface area contributed by atoms with Gasteiger partial charge in [-0.25, -0.2) is 0 Å². The summed E-state index contributed by atoms with van der Waals surface area (Å²) in [5.41, 5.74) is -1.65. The van der Waals surface area contributed by atoms with Crippen LogP contribution in [-0.4, -0.2) is 35.3 Å². The Bertz CT molecular complexity index is 1130. The van der Waals surface area contributed by atoms with Gasteiger partial charge in [0.15, 0.2) is 11.6 Å². The highest BCUT2D eigenvalue weighted by molar-refractivity contribution is 5.99. The minimum atomic E-state index is -0.713. The van der Waals surface area contributed by atoms with Gasteiger partial charge in [0.25, 0.3) is 0 Å². The molecule has 9 atom stereocenters. The number of ketones is 2. The van der Waals surface area contributed by atoms with Crippen molar-refractivity contribution in [2.24, 2.45) is 33.5 Å². The number of fused-ring (bicyclic) bond motifs is 3. The van der Waals surface area contributed by atoms with Crippen molar-refractivity contribution in [3.05, 3.63) is 36.3 Å². The van der Waals surface area contributed by atoms with E-state index in [0.717, 1.165) is 18.4 Å². The molecule has 34 heavy (non-hydrogen) atoms. The molecule has 3 saturated carbocycles. The number of rotatable bonds is 2. The van der Waals surface area contributed by atoms with Crippen LogP contribution in [0.5, 0.6) is 0 Å². The van der Waals surface area contributed by atoms with Crippen LogP contribution in [0.15, 0.2) is 35.2 Å². The van der Waals surface area contributed by atoms with Gasteiger partial charge in [0.1, 0.15) is 17.8 Å². The summed E-state index contributed by atoms with van der Waals surface area (Å²) >= 11 is 0. The van der Waals surface area contributed by atoms with E-state index in [4.69, 9.17) is 13.9 Å². The Kier molecular flexibility index (Phi) is 4.13. The Balaban J connectivity index is 1.54. The van der Waals surface area contributed by atoms with Crippen LogP contribution in [0, 0.1) is 33.5 Å². The summed E-state index contributed by atoms with van der Waals surface area (Å²) < 4.78 is 18.0. The number of hydrogen-bond donors (Lipinski definition) is 0. The normalized spacial score (nSPS) is 50.1. The van der Waals surface area contributed by atoms with Crippen LogP contribution < -0.4 is 0 Å². The standard InChI is InChI=1S/C28H34O6/c1-15(29)33-20-13-18-24(2,3)19(30)8-10-25(18,4)17-7-11-26(5)21(16-9-12-32-14-16)22(31)23-28(26,34-23)27(17,20)6/h8-10,12,14,17-18,20-21,23H,7,11,13H2,1-6H3/t17?,18?,20-,21-,23?,25-,26+,27+,28?/m1/s1. The molecule has 6 rings (SSSR count). The zero-order valence-electron chi connectivity index (χ0n) is 20.8. The summed E-state index contributed by atoms with van der Waals surface area (Å²) in [7, 11) is 0. The van der Waals surface area contributed by atoms with Crippen molar-refractivity contribution in [3.63, 3.8) is 0 Å². The van der Waals surface area contributed by atoms with Gasteiger partial charge in [-0.3, -0.25) is 14.4 Å². The van der Waals surface area contributed by atoms with Gasteiger partial charge in [0, 0.05) is 28.7 Å². The van der Waals surface area contributed by atoms with E-state index in [9.17, 15) is 14.4 Å². The van der Waals surface area contributed by atoms with Crippen LogP contribution in [0.2, 0.25) is 0 Å². The van der Waals surface area contributed by atoms with Crippen molar-refractivity contribution in [1.82, 2.24) is 0 Å². The second kappa shape index (κ2) is 6.31. The van der Waals surface area contributed by atoms with Gasteiger partial charge >= 0.3 is 5.97 Å². The summed E-state index contributed by atoms with van der Waals surface area (Å²) in [6, 6.07) is 1.89. The van der Waals surface area contributed by atoms with Crippen LogP contribution in [0.3, 0.4) is 0 Å². The molecule has 4 fully saturated rings. The van der Waals surface area contributed by atoms with E-state index in [1.165, 1.54) is 6.92 Å². The molecule has 4 aliphatic carbocycles. The first-order chi connectivity index (χ1) is 15.9. The molecule has 182 valence electrons. The third-order valence-electron chi connectivity index (χ3n) is 11.0. The average Bonchev–Trinajstić information content (AvgIpc) is 3.24. The number of hydrogen-bond acceptors (Lipinski definition) is 6. The second-order valence-electron chi connectivity index (χ2n) is 12.6. The highest BCUT2D eigenvalue weighted by Gasteiger charge is 2.89. The first kappa shape index (κ1) is 22.3. The third-order valence-corrected chi connectivity index (χ3v) is 11.0. The van der Waals surface area contributed by atoms with Gasteiger partial charge in [0.05, 0.1) is 18.4 Å². The third kappa shape index (κ3) is 2.21. The number of epoxide rings is 1. The van der Waals surface area contributed by atoms with Crippen LogP contribution in [0.4, 0.5) is 0 Å². The number of carbonyl (C=O) groups is 3. The first-order valence-corrected chi connectivity index (χ1v) is 12.5. The molecule has 0 aromatic carbocycles. The van der Waals surface area contributed by atoms with Crippen LogP contribution in [0.1, 0.15) is 72.3 Å². The van der Waals surface area contributed by atoms with Crippen LogP contribution in [-0.2, 0) is 23.9 Å². The lowest BCUT2D eigenvalue weighted by atomic mass is 9.36. The molecule has 6 heteroatoms. The van der Waals surface area contributed by atoms with Gasteiger partial charge in [-0.2, -0.15) is 0 Å². The molecule has 5 aliphatic rings. The molecule has 1 aromatic heterocycles. The Morgan fingerprint density at radius 2 is 1.85 bits per heavy atom. The average molecular weight is 467 g/mol. The molecular weight excluding hydrogens is 432 g/mol. The summed E-state index contributed by atoms with van der Waals surface area (Å²) in [4.78, 5) is 39.0. The van der Waals surface area contributed by atoms with E-state index < -0.39 is 34.1 Å². The Morgan fingerprint density at radius 1 is 1.12 bits per heavy atom. The number of furan rings is 1. The largest absolute Gasteiger partial charge is 0.472 e. The lowest BCUT2D eigenvalue weighted by Crippen LogP contribution is -2.70. The van der Waals surface area contributed by atoms with Crippen molar-refractivity contribution in [2.45, 2.75) is 84.5 Å². The van der Waals surface area contributed by atoms with E-state index >= 15 is 0 Å². The SMILES string of the molecule is CC(=O)O[C@@H]1CC2C(C)(C)C(=O)C=C[C@]2(C)C2CC[C@@]3(C)[C@H](c4ccoc4)C(=O)C4OC43[C@@]21C. The fraction of sp³-hybridized carbons (Fsp3) is 0.679. The minimum Gasteiger partial charge on any atom is -0.472 e. The molecule has 1 aliphatic heterocycles. The van der Waals surface area contributed by atoms with E-state index in [1.807, 2.05) is 19.9 Å². The van der Waals surface area contributed by atoms with Gasteiger partial charge in [0.2, 0.25) is 0 Å². The lowest BCUT2D eigenvalue weighted by Gasteiger charge is -2.67. The fourth-order valence-electron chi connectivity index (χ4n) is 9.55. The van der Waals surface area contributed by atoms with Crippen molar-refractivity contribution >= 4 is 17.5 Å². The topological polar surface area (TPSA) is 86.1 Å². The van der Waals surface area contributed by atoms with Gasteiger partial charge in [-0.1, -0.05) is 40.7 Å². The predicted octanol–water partition coefficient (Wildman–Crippen LogP) is 4.63. The highest BCUT2D eigenvalue weighted by Crippen LogP contribution is 2.81. The zero-order valence-corrected chi connectivity index (χ0v) is 20.8. The maximum absolute atomic E-state index is 13.7. The monoisotopic (exact) mass is 466 g/mol. The maximum atomic E-state index is 13.7. The molecule has 1 aromatic rings. The van der Waals surface area contributed by atoms with Crippen LogP contribution >= 0.6 is 0 Å². The van der Waals surface area contributed by atoms with Gasteiger partial charge in [-0.15, -0.1) is 0 Å². The van der Waals surface area contributed by atoms with Crippen molar-refractivity contribution in [1.29, 1.82) is 0 Å². The fourth-order valence-corrected chi connectivity index (χ4v) is 9.55. The Labute approximate surface area is 200 Å². The molecule has 1 saturated heterocycles. The van der Waals surface area contributed by atoms with E-state index in [0.29, 0.717) is 6.42 Å². The quantitative estimate of drug-likeness (QED) is 0.467. The summed E-state index contributed by atoms with van der Waals surface area (Å²) in [5.74, 6) is -0.280. The molecule has 1 spiro atoms. The Hall–Kier alpha value is -2.21. The van der Waals surface area contributed by atoms with E-state index in [-0.39, 0.29) is 40.7 Å². The predicted molar refractivity (Wildman–Crippen MR) is 123 cm³/mol. The molecule has 0 amide bonds. The number of ether oxygens (including phenoxy) is 2. The number of Topliss-reactive ketones (excluding diaryl/α,β-unsaturated/α-hetero) is 1. The minimum absolute atomic E-state index is 0.0275. The lowest BCUT2D eigenvalue weighted by molar-refractivity contribution is -0.232. The molecule has 6 nitrogen and oxygen atoms in total. The number of allylic oxidation sites excluding steroid dienone is 2. The summed E-state index contributed by atoms with van der Waals surface area (Å²) in [6.07, 6.45) is 8.49. The van der Waals surface area contributed by atoms with Crippen molar-refractivity contribution < 1.29 is 28.3 Å². The molecule has 0 N–H and O–H groups in total. The number of esters is 1. The zero-order chi connectivity index (χ0) is 24.5. The van der Waals surface area contributed by atoms with Gasteiger partial charge in [-0.05, 0) is 48.7 Å². The summed E-state index contributed by atoms with van der Waals surface area (Å²) in [5, 5.41) is 0. The van der Waals surface area contributed by atoms with Gasteiger partial charge < -0.3 is 13.9 Å². The molecule has 4 unspecified atom stereocenters. The van der Waals surface area contributed by atoms with Crippen molar-refractivity contribution in [2.75, 3.05) is 0 Å². The second-order valence-corrected chi connectivity index (χ2v) is 12.6. The Morgan fingerprint density at radius 3 is 2.50 bits per heavy atom.